The van der Waals surface area contributed by atoms with Gasteiger partial charge in [0.1, 0.15) is 5.82 Å². The first-order valence-electron chi connectivity index (χ1n) is 10.4. The molecule has 0 aliphatic carbocycles. The lowest BCUT2D eigenvalue weighted by molar-refractivity contribution is 0.0942. The lowest BCUT2D eigenvalue weighted by atomic mass is 9.98. The van der Waals surface area contributed by atoms with Crippen LogP contribution in [-0.2, 0) is 13.1 Å². The number of nitrogens with zero attached hydrogens (tertiary/aromatic N) is 4. The van der Waals surface area contributed by atoms with Crippen molar-refractivity contribution in [2.45, 2.75) is 32.9 Å². The Bertz CT molecular complexity index is 1140. The van der Waals surface area contributed by atoms with Gasteiger partial charge in [-0.3, -0.25) is 19.2 Å². The molecule has 10 nitrogen and oxygen atoms in total. The van der Waals surface area contributed by atoms with Crippen LogP contribution in [0.2, 0.25) is 0 Å². The summed E-state index contributed by atoms with van der Waals surface area (Å²) >= 11 is 0. The average Bonchev–Trinajstić information content (AvgIpc) is 3.09. The summed E-state index contributed by atoms with van der Waals surface area (Å²) < 4.78 is 15.2. The van der Waals surface area contributed by atoms with Crippen LogP contribution in [-0.4, -0.2) is 33.7 Å². The summed E-state index contributed by atoms with van der Waals surface area (Å²) in [6.45, 7) is 3.60. The number of carbonyl (C=O) groups excluding carboxylic acids is 1. The largest absolute Gasteiger partial charge is 0.501 e. The number of halogens is 1. The number of nitrogens with two attached hydrogens (primary N) is 2. The molecule has 3 aliphatic heterocycles. The van der Waals surface area contributed by atoms with Gasteiger partial charge in [0.15, 0.2) is 5.69 Å². The van der Waals surface area contributed by atoms with E-state index in [0.717, 1.165) is 25.9 Å². The first-order chi connectivity index (χ1) is 15.3. The van der Waals surface area contributed by atoms with Gasteiger partial charge in [-0.15, -0.1) is 0 Å². The van der Waals surface area contributed by atoms with Crippen molar-refractivity contribution in [3.8, 4) is 5.75 Å². The summed E-state index contributed by atoms with van der Waals surface area (Å²) in [7, 11) is 0. The number of aromatic nitrogens is 2. The number of hydrogen-bond acceptors (Lipinski definition) is 8. The number of carbonyl (C=O) groups is 1. The van der Waals surface area contributed by atoms with Crippen molar-refractivity contribution in [2.24, 2.45) is 17.5 Å². The van der Waals surface area contributed by atoms with Gasteiger partial charge in [-0.2, -0.15) is 0 Å². The van der Waals surface area contributed by atoms with Crippen LogP contribution in [0.15, 0.2) is 34.9 Å². The lowest BCUT2D eigenvalue weighted by Crippen LogP contribution is -2.35. The summed E-state index contributed by atoms with van der Waals surface area (Å²) in [6.07, 6.45) is 3.15. The van der Waals surface area contributed by atoms with Crippen molar-refractivity contribution in [3.63, 3.8) is 0 Å². The minimum absolute atomic E-state index is 0.0364. The van der Waals surface area contributed by atoms with Gasteiger partial charge >= 0.3 is 0 Å². The molecule has 170 valence electrons. The average molecular weight is 443 g/mol. The molecular formula is C21H26FN7O3. The zero-order chi connectivity index (χ0) is 23.0. The van der Waals surface area contributed by atoms with Crippen LogP contribution >= 0.6 is 0 Å². The highest BCUT2D eigenvalue weighted by atomic mass is 19.1. The third-order valence-corrected chi connectivity index (χ3v) is 6.05. The van der Waals surface area contributed by atoms with Gasteiger partial charge in [0.25, 0.3) is 11.5 Å². The number of aromatic hydroxyl groups is 1. The van der Waals surface area contributed by atoms with Crippen molar-refractivity contribution in [1.29, 1.82) is 0 Å². The van der Waals surface area contributed by atoms with Gasteiger partial charge < -0.3 is 21.1 Å². The number of benzene rings is 1. The third-order valence-electron chi connectivity index (χ3n) is 6.05. The topological polar surface area (TPSA) is 143 Å². The number of fused-ring (bicyclic) bond motifs is 2. The van der Waals surface area contributed by atoms with Crippen molar-refractivity contribution in [3.05, 3.63) is 57.5 Å². The molecule has 1 saturated heterocycles. The van der Waals surface area contributed by atoms with E-state index in [0.29, 0.717) is 35.4 Å². The molecule has 11 heteroatoms. The van der Waals surface area contributed by atoms with Gasteiger partial charge in [-0.1, -0.05) is 6.07 Å². The molecule has 0 atom stereocenters. The van der Waals surface area contributed by atoms with Crippen LogP contribution in [0.25, 0.3) is 0 Å². The zero-order valence-electron chi connectivity index (χ0n) is 17.7. The minimum atomic E-state index is -0.715. The monoisotopic (exact) mass is 443 g/mol. The van der Waals surface area contributed by atoms with E-state index < -0.39 is 23.0 Å². The maximum atomic E-state index is 13.8. The Morgan fingerprint density at radius 2 is 2.12 bits per heavy atom. The Kier molecular flexibility index (Phi) is 5.74. The molecule has 5 rings (SSSR count). The van der Waals surface area contributed by atoms with E-state index in [9.17, 15) is 19.1 Å². The second-order valence-electron chi connectivity index (χ2n) is 8.09. The predicted octanol–water partition coefficient (Wildman–Crippen LogP) is 0.748. The predicted molar refractivity (Wildman–Crippen MR) is 117 cm³/mol. The SMILES string of the molecule is C/C(=C/N)N(N)c1cc(F)ccc1CNC(=O)c1nc2n(c(=O)c1O)CC1CCN2CC1. The fourth-order valence-electron chi connectivity index (χ4n) is 4.11. The number of anilines is 2. The molecule has 1 aromatic heterocycles. The van der Waals surface area contributed by atoms with Crippen LogP contribution in [0.1, 0.15) is 35.8 Å². The van der Waals surface area contributed by atoms with Crippen molar-refractivity contribution < 1.29 is 14.3 Å². The summed E-state index contributed by atoms with van der Waals surface area (Å²) in [5.41, 5.74) is 5.84. The third kappa shape index (κ3) is 3.86. The van der Waals surface area contributed by atoms with Crippen molar-refractivity contribution >= 4 is 17.5 Å². The highest BCUT2D eigenvalue weighted by Gasteiger charge is 2.31. The number of rotatable bonds is 5. The van der Waals surface area contributed by atoms with E-state index >= 15 is 0 Å². The molecule has 1 amide bonds. The molecular weight excluding hydrogens is 417 g/mol. The molecule has 32 heavy (non-hydrogen) atoms. The Hall–Kier alpha value is -3.60. The fraction of sp³-hybridized carbons (Fsp3) is 0.381. The number of allylic oxidation sites excluding steroid dienone is 1. The molecule has 3 aliphatic rings. The Labute approximate surface area is 183 Å². The van der Waals surface area contributed by atoms with Gasteiger partial charge in [0, 0.05) is 38.1 Å². The van der Waals surface area contributed by atoms with Gasteiger partial charge in [-0.05, 0) is 43.4 Å². The molecule has 2 aromatic rings. The van der Waals surface area contributed by atoms with E-state index in [4.69, 9.17) is 11.6 Å². The summed E-state index contributed by atoms with van der Waals surface area (Å²) in [5.74, 6) is 4.86. The molecule has 6 N–H and O–H groups in total. The Morgan fingerprint density at radius 1 is 1.41 bits per heavy atom. The second-order valence-corrected chi connectivity index (χ2v) is 8.09. The number of amides is 1. The molecule has 2 bridgehead atoms. The van der Waals surface area contributed by atoms with E-state index in [2.05, 4.69) is 10.3 Å². The molecule has 0 saturated carbocycles. The van der Waals surface area contributed by atoms with Gasteiger partial charge in [0.05, 0.1) is 5.69 Å². The molecule has 0 unspecified atom stereocenters. The van der Waals surface area contributed by atoms with E-state index in [-0.39, 0.29) is 12.2 Å². The first kappa shape index (κ1) is 21.6. The first-order valence-corrected chi connectivity index (χ1v) is 10.4. The number of hydrazine groups is 1. The maximum Gasteiger partial charge on any atom is 0.297 e. The Morgan fingerprint density at radius 3 is 2.81 bits per heavy atom. The summed E-state index contributed by atoms with van der Waals surface area (Å²) in [5, 5.41) is 14.3. The van der Waals surface area contributed by atoms with Gasteiger partial charge in [-0.25, -0.2) is 15.2 Å². The minimum Gasteiger partial charge on any atom is -0.501 e. The van der Waals surface area contributed by atoms with E-state index in [1.54, 1.807) is 6.92 Å². The number of piperidine rings is 1. The molecule has 0 radical (unpaired) electrons. The fourth-order valence-corrected chi connectivity index (χ4v) is 4.11. The van der Waals surface area contributed by atoms with Crippen LogP contribution in [0.3, 0.4) is 0 Å². The number of nitrogens with one attached hydrogen (secondary N) is 1. The highest BCUT2D eigenvalue weighted by molar-refractivity contribution is 5.95. The van der Waals surface area contributed by atoms with Gasteiger partial charge in [0.2, 0.25) is 11.7 Å². The highest BCUT2D eigenvalue weighted by Crippen LogP contribution is 2.29. The maximum absolute atomic E-state index is 13.8. The Balaban J connectivity index is 1.61. The van der Waals surface area contributed by atoms with Crippen LogP contribution in [0.4, 0.5) is 16.0 Å². The quantitative estimate of drug-likeness (QED) is 0.392. The van der Waals surface area contributed by atoms with E-state index in [1.165, 1.54) is 34.0 Å². The molecule has 0 spiro atoms. The smallest absolute Gasteiger partial charge is 0.297 e. The van der Waals surface area contributed by atoms with Crippen LogP contribution in [0.5, 0.6) is 5.75 Å². The molecule has 1 aromatic carbocycles. The van der Waals surface area contributed by atoms with E-state index in [1.807, 2.05) is 4.90 Å². The second kappa shape index (κ2) is 8.50. The standard InChI is InChI=1S/C21H26FN7O3/c1-12(9-23)29(24)16-8-15(22)3-2-14(16)10-25-19(31)17-18(30)20(32)28-11-13-4-6-27(7-5-13)21(28)26-17/h2-3,8-9,13,30H,4-7,10-11,23-24H2,1H3,(H,25,31)/b12-9-. The number of hydrogen-bond donors (Lipinski definition) is 4. The van der Waals surface area contributed by atoms with Crippen LogP contribution in [0, 0.1) is 11.7 Å². The summed E-state index contributed by atoms with van der Waals surface area (Å²) in [4.78, 5) is 31.9. The molecule has 4 heterocycles. The molecule has 1 fully saturated rings. The summed E-state index contributed by atoms with van der Waals surface area (Å²) in [6, 6.07) is 3.95. The normalized spacial score (nSPS) is 16.0. The van der Waals surface area contributed by atoms with Crippen molar-refractivity contribution in [1.82, 2.24) is 14.9 Å². The van der Waals surface area contributed by atoms with Crippen LogP contribution < -0.4 is 32.4 Å². The zero-order valence-corrected chi connectivity index (χ0v) is 17.7. The van der Waals surface area contributed by atoms with Crippen molar-refractivity contribution in [2.75, 3.05) is 23.0 Å². The lowest BCUT2D eigenvalue weighted by Gasteiger charge is -2.27.